The second-order valence-corrected chi connectivity index (χ2v) is 40.3. The largest absolute Gasteiger partial charge is 0.466 e. The van der Waals surface area contributed by atoms with E-state index in [1.54, 1.807) is 0 Å². The molecule has 0 radical (unpaired) electrons. The monoisotopic (exact) mass is 1980 g/mol. The van der Waals surface area contributed by atoms with Crippen LogP contribution in [0.5, 0.6) is 0 Å². The molecule has 0 rings (SSSR count). The van der Waals surface area contributed by atoms with Crippen LogP contribution >= 0.6 is 0 Å². The maximum absolute atomic E-state index is 13.0. The van der Waals surface area contributed by atoms with E-state index < -0.39 is 0 Å². The summed E-state index contributed by atoms with van der Waals surface area (Å²) in [6, 6.07) is 0. The molecule has 818 valence electrons. The minimum Gasteiger partial charge on any atom is -0.466 e. The molecule has 0 aliphatic rings. The Morgan fingerprint density at radius 2 is 0.380 bits per heavy atom. The van der Waals surface area contributed by atoms with Gasteiger partial charge in [-0.1, -0.05) is 361 Å². The quantitative estimate of drug-likeness (QED) is 0.0244. The molecule has 0 saturated heterocycles. The number of carbonyl (C=O) groups excluding carboxylic acids is 6. The van der Waals surface area contributed by atoms with Crippen LogP contribution in [0.25, 0.3) is 0 Å². The van der Waals surface area contributed by atoms with Gasteiger partial charge >= 0.3 is 35.8 Å². The van der Waals surface area contributed by atoms with Gasteiger partial charge in [0.25, 0.3) is 0 Å². The lowest BCUT2D eigenvalue weighted by atomic mass is 10.1. The molecule has 0 heterocycles. The Morgan fingerprint density at radius 3 is 0.620 bits per heavy atom. The van der Waals surface area contributed by atoms with Gasteiger partial charge in [-0.3, -0.25) is 33.7 Å². The highest BCUT2D eigenvalue weighted by molar-refractivity contribution is 5.71. The zero-order chi connectivity index (χ0) is 103. The maximum atomic E-state index is 13.0. The Bertz CT molecular complexity index is 2870. The minimum atomic E-state index is -0.153. The summed E-state index contributed by atoms with van der Waals surface area (Å²) in [6.07, 6.45) is 128. The Balaban J connectivity index is 5.17. The molecule has 16 heteroatoms. The first kappa shape index (κ1) is 136. The summed E-state index contributed by atoms with van der Waals surface area (Å²) < 4.78 is 35.3. The van der Waals surface area contributed by atoms with Crippen LogP contribution in [-0.4, -0.2) is 174 Å². The second-order valence-electron chi connectivity index (χ2n) is 40.3. The van der Waals surface area contributed by atoms with Crippen molar-refractivity contribution in [2.75, 3.05) is 99.9 Å². The summed E-state index contributed by atoms with van der Waals surface area (Å²) in [6.45, 7) is 21.4. The van der Waals surface area contributed by atoms with Crippen molar-refractivity contribution in [3.05, 3.63) is 146 Å². The number of hydrogen-bond acceptors (Lipinski definition) is 16. The van der Waals surface area contributed by atoms with Crippen molar-refractivity contribution >= 4 is 35.8 Å². The predicted molar refractivity (Wildman–Crippen MR) is 608 cm³/mol. The third-order valence-corrected chi connectivity index (χ3v) is 26.4. The van der Waals surface area contributed by atoms with Gasteiger partial charge in [0.1, 0.15) is 18.3 Å². The Kier molecular flexibility index (Phi) is 107. The van der Waals surface area contributed by atoms with E-state index in [-0.39, 0.29) is 54.1 Å². The lowest BCUT2D eigenvalue weighted by molar-refractivity contribution is -0.150. The fourth-order valence-electron chi connectivity index (χ4n) is 16.8. The summed E-state index contributed by atoms with van der Waals surface area (Å²) in [7, 11) is 6.21. The molecule has 0 fully saturated rings. The number of ether oxygens (including phenoxy) is 6. The molecule has 0 spiro atoms. The molecule has 0 saturated carbocycles. The molecule has 3 atom stereocenters. The van der Waals surface area contributed by atoms with Crippen LogP contribution in [0.1, 0.15) is 504 Å². The number of unbranched alkanes of at least 4 members (excludes halogenated alkanes) is 42. The van der Waals surface area contributed by atoms with Crippen molar-refractivity contribution in [2.24, 2.45) is 0 Å². The van der Waals surface area contributed by atoms with Crippen LogP contribution in [0.2, 0.25) is 0 Å². The molecule has 0 N–H and O–H groups in total. The van der Waals surface area contributed by atoms with Gasteiger partial charge in [0.05, 0.1) is 39.1 Å². The van der Waals surface area contributed by atoms with Crippen molar-refractivity contribution in [3.8, 4) is 0 Å². The number of carbonyl (C=O) groups is 6. The lowest BCUT2D eigenvalue weighted by Gasteiger charge is -2.29. The van der Waals surface area contributed by atoms with E-state index in [0.717, 1.165) is 309 Å². The van der Waals surface area contributed by atoms with Crippen molar-refractivity contribution in [1.29, 1.82) is 0 Å². The SMILES string of the molecule is CCCCC/C=C\C/C=C\C/C=C\CCCCC(=O)OC(C/C=C\CCCCCCCCOC(=O)CCN(C)CCN(CCN(C)CCC(=O)OCCCCCCCC/C=C\CC(CCCCCC)OC(=O)CCCC/C=C\C/C=C\C/C=C\CCCCC)CCN(C)CCC(=O)OCCCCCCCC/C=C\CC(CCCCCC)OC(=O)CCCC/C=C\C/C=C\C/C=C\CCCCC)CCCCCC. The standard InChI is InChI=1S/C126H222N4O12/c1-10-16-22-28-31-34-37-40-43-46-49-58-67-76-88-100-124(134)140-118(94-82-25-19-13-4)97-85-73-64-55-52-61-70-79-91-115-137-121(131)103-106-127(7)109-112-130(113-110-128(8)107-104-122(132)138-116-92-80-71-62-53-56-65-74-86-98-119(95-83-26-20-14-5)141-125(135)101-89-77-68-59-50-47-44-41-38-35-32-29-23-17-11-2)114-111-129(9)108-105-123(133)139-117-93-81-72-63-54-57-66-75-87-99-120(96-84-27-21-15-6)142-126(136)102-90-78-69-60-51-48-45-42-39-36-33-30-24-18-12-3/h31-36,40-45,49-51,58-60,73-75,85-87,118-120H,10-30,37-39,46-48,52-57,61-72,76-84,88-117H2,1-9H3/b34-31-,35-32-,36-33-,43-40-,44-41-,45-42-,58-49-,59-50-,60-51-,85-73-,86-74-,87-75-. The normalized spacial score (nSPS) is 13.1. The smallest absolute Gasteiger partial charge is 0.307 e. The summed E-state index contributed by atoms with van der Waals surface area (Å²) in [5, 5.41) is 0. The van der Waals surface area contributed by atoms with Crippen LogP contribution in [0.4, 0.5) is 0 Å². The van der Waals surface area contributed by atoms with E-state index in [2.05, 4.69) is 228 Å². The zero-order valence-corrected chi connectivity index (χ0v) is 93.7. The minimum absolute atomic E-state index is 0.0420. The number of likely N-dealkylation sites (N-methyl/N-ethyl adjacent to an activating group) is 3. The molecule has 0 bridgehead atoms. The molecule has 0 aliphatic heterocycles. The van der Waals surface area contributed by atoms with E-state index in [0.29, 0.717) is 78.0 Å². The van der Waals surface area contributed by atoms with Crippen LogP contribution in [0.3, 0.4) is 0 Å². The van der Waals surface area contributed by atoms with E-state index in [9.17, 15) is 28.8 Å². The number of allylic oxidation sites excluding steroid dienone is 21. The second kappa shape index (κ2) is 112. The molecule has 0 aromatic rings. The molecular formula is C126H222N4O12. The molecule has 142 heavy (non-hydrogen) atoms. The summed E-state index contributed by atoms with van der Waals surface area (Å²) in [5.74, 6) is -0.628. The fraction of sp³-hybridized carbons (Fsp3) is 0.762. The molecule has 0 aliphatic carbocycles. The van der Waals surface area contributed by atoms with Crippen LogP contribution < -0.4 is 0 Å². The average molecular weight is 1990 g/mol. The zero-order valence-electron chi connectivity index (χ0n) is 93.7. The highest BCUT2D eigenvalue weighted by atomic mass is 16.6. The van der Waals surface area contributed by atoms with E-state index in [1.807, 2.05) is 0 Å². The number of hydrogen-bond donors (Lipinski definition) is 0. The van der Waals surface area contributed by atoms with Gasteiger partial charge in [0.2, 0.25) is 0 Å². The first-order valence-corrected chi connectivity index (χ1v) is 59.3. The van der Waals surface area contributed by atoms with Crippen molar-refractivity contribution in [2.45, 2.75) is 522 Å². The number of nitrogens with zero attached hydrogens (tertiary/aromatic N) is 4. The van der Waals surface area contributed by atoms with Gasteiger partial charge in [0, 0.05) is 97.4 Å². The van der Waals surface area contributed by atoms with Crippen LogP contribution in [-0.2, 0) is 57.2 Å². The van der Waals surface area contributed by atoms with E-state index in [4.69, 9.17) is 28.4 Å². The molecule has 3 unspecified atom stereocenters. The summed E-state index contributed by atoms with van der Waals surface area (Å²) >= 11 is 0. The molecule has 0 aromatic heterocycles. The molecule has 0 aromatic carbocycles. The summed E-state index contributed by atoms with van der Waals surface area (Å²) in [4.78, 5) is 86.8. The van der Waals surface area contributed by atoms with Gasteiger partial charge in [-0.25, -0.2) is 0 Å². The average Bonchev–Trinajstić information content (AvgIpc) is 0.952. The first-order valence-electron chi connectivity index (χ1n) is 59.3. The summed E-state index contributed by atoms with van der Waals surface area (Å²) in [5.41, 5.74) is 0. The van der Waals surface area contributed by atoms with Gasteiger partial charge < -0.3 is 43.1 Å². The van der Waals surface area contributed by atoms with Crippen molar-refractivity contribution in [3.63, 3.8) is 0 Å². The lowest BCUT2D eigenvalue weighted by Crippen LogP contribution is -2.42. The van der Waals surface area contributed by atoms with Gasteiger partial charge in [0.15, 0.2) is 0 Å². The molecule has 16 nitrogen and oxygen atoms in total. The highest BCUT2D eigenvalue weighted by Gasteiger charge is 2.19. The van der Waals surface area contributed by atoms with E-state index in [1.165, 1.54) is 154 Å². The molecule has 0 amide bonds. The Labute approximate surface area is 875 Å². The van der Waals surface area contributed by atoms with Gasteiger partial charge in [-0.15, -0.1) is 0 Å². The predicted octanol–water partition coefficient (Wildman–Crippen LogP) is 34.3. The third kappa shape index (κ3) is 105. The molecular weight excluding hydrogens is 1760 g/mol. The Morgan fingerprint density at radius 1 is 0.190 bits per heavy atom. The topological polar surface area (TPSA) is 171 Å². The van der Waals surface area contributed by atoms with Crippen LogP contribution in [0.15, 0.2) is 146 Å². The first-order chi connectivity index (χ1) is 69.7. The maximum Gasteiger partial charge on any atom is 0.307 e. The van der Waals surface area contributed by atoms with Gasteiger partial charge in [-0.2, -0.15) is 0 Å². The van der Waals surface area contributed by atoms with Gasteiger partial charge in [-0.05, 0) is 252 Å². The number of rotatable bonds is 108. The van der Waals surface area contributed by atoms with E-state index >= 15 is 0 Å². The highest BCUT2D eigenvalue weighted by Crippen LogP contribution is 2.22. The number of esters is 6. The third-order valence-electron chi connectivity index (χ3n) is 26.4. The van der Waals surface area contributed by atoms with Crippen molar-refractivity contribution in [1.82, 2.24) is 19.6 Å². The van der Waals surface area contributed by atoms with Crippen molar-refractivity contribution < 1.29 is 57.2 Å². The Hall–Kier alpha value is -6.46. The fourth-order valence-corrected chi connectivity index (χ4v) is 16.8. The van der Waals surface area contributed by atoms with Crippen LogP contribution in [0, 0.1) is 0 Å².